The molecule has 0 N–H and O–H groups in total. The average Bonchev–Trinajstić information content (AvgIpc) is 2.82. The summed E-state index contributed by atoms with van der Waals surface area (Å²) in [5.41, 5.74) is 4.03. The zero-order valence-corrected chi connectivity index (χ0v) is 18.6. The molecule has 2 aromatic carbocycles. The highest BCUT2D eigenvalue weighted by Crippen LogP contribution is 2.23. The molecular formula is C26H27NO5. The quantitative estimate of drug-likeness (QED) is 0.506. The van der Waals surface area contributed by atoms with Crippen LogP contribution in [0.15, 0.2) is 59.7 Å². The Labute approximate surface area is 188 Å². The molecule has 0 radical (unpaired) electrons. The summed E-state index contributed by atoms with van der Waals surface area (Å²) in [5.74, 6) is -0.780. The molecule has 1 aliphatic rings. The van der Waals surface area contributed by atoms with Crippen molar-refractivity contribution in [3.05, 3.63) is 81.9 Å². The molecule has 6 nitrogen and oxygen atoms in total. The number of likely N-dealkylation sites (tertiary alicyclic amines) is 1. The highest BCUT2D eigenvalue weighted by atomic mass is 16.5. The first-order valence-corrected chi connectivity index (χ1v) is 10.5. The lowest BCUT2D eigenvalue weighted by atomic mass is 9.94. The molecule has 0 amide bonds. The van der Waals surface area contributed by atoms with Crippen LogP contribution in [0.4, 0.5) is 0 Å². The molecule has 2 aromatic rings. The van der Waals surface area contributed by atoms with Crippen LogP contribution in [0.2, 0.25) is 0 Å². The molecule has 3 rings (SSSR count). The summed E-state index contributed by atoms with van der Waals surface area (Å²) in [6.45, 7) is 4.14. The first-order valence-electron chi connectivity index (χ1n) is 10.5. The van der Waals surface area contributed by atoms with Crippen molar-refractivity contribution in [1.29, 1.82) is 0 Å². The van der Waals surface area contributed by atoms with Gasteiger partial charge in [-0.25, -0.2) is 9.59 Å². The number of ether oxygens (including phenoxy) is 2. The summed E-state index contributed by atoms with van der Waals surface area (Å²) in [4.78, 5) is 38.7. The van der Waals surface area contributed by atoms with E-state index in [1.54, 1.807) is 48.5 Å². The highest BCUT2D eigenvalue weighted by molar-refractivity contribution is 6.14. The number of methoxy groups -OCH3 is 2. The summed E-state index contributed by atoms with van der Waals surface area (Å²) in [7, 11) is 2.69. The van der Waals surface area contributed by atoms with E-state index in [2.05, 4.69) is 11.8 Å². The van der Waals surface area contributed by atoms with Gasteiger partial charge in [0.1, 0.15) is 0 Å². The summed E-state index contributed by atoms with van der Waals surface area (Å²) < 4.78 is 9.47. The van der Waals surface area contributed by atoms with Crippen molar-refractivity contribution >= 4 is 29.9 Å². The Bertz CT molecular complexity index is 967. The Morgan fingerprint density at radius 3 is 1.56 bits per heavy atom. The second kappa shape index (κ2) is 10.7. The van der Waals surface area contributed by atoms with E-state index in [0.29, 0.717) is 35.4 Å². The maximum atomic E-state index is 13.2. The van der Waals surface area contributed by atoms with Crippen LogP contribution >= 0.6 is 0 Å². The molecule has 0 saturated carbocycles. The van der Waals surface area contributed by atoms with Crippen LogP contribution in [-0.4, -0.2) is 56.5 Å². The molecule has 166 valence electrons. The van der Waals surface area contributed by atoms with E-state index in [9.17, 15) is 14.4 Å². The Hall–Kier alpha value is -3.51. The van der Waals surface area contributed by atoms with Gasteiger partial charge in [-0.3, -0.25) is 9.69 Å². The number of hydrogen-bond donors (Lipinski definition) is 0. The number of carbonyl (C=O) groups is 3. The summed E-state index contributed by atoms with van der Waals surface area (Å²) in [5, 5.41) is 0. The number of Topliss-reactive ketones (excluding diaryl/α,β-unsaturated/α-hetero) is 1. The number of nitrogens with zero attached hydrogens (tertiary/aromatic N) is 1. The standard InChI is InChI=1S/C26H27NO5/c1-4-13-27-16-22(14-18-5-9-20(10-6-18)25(29)31-2)24(28)23(17-27)15-19-7-11-21(12-8-19)26(30)32-3/h5-12,14-15H,4,13,16-17H2,1-3H3/b22-14+,23-15+. The lowest BCUT2D eigenvalue weighted by molar-refractivity contribution is -0.113. The third-order valence-electron chi connectivity index (χ3n) is 5.26. The van der Waals surface area contributed by atoms with Crippen molar-refractivity contribution in [2.24, 2.45) is 0 Å². The fourth-order valence-corrected chi connectivity index (χ4v) is 3.65. The minimum atomic E-state index is -0.393. The zero-order chi connectivity index (χ0) is 23.1. The topological polar surface area (TPSA) is 72.9 Å². The average molecular weight is 434 g/mol. The summed E-state index contributed by atoms with van der Waals surface area (Å²) >= 11 is 0. The van der Waals surface area contributed by atoms with Crippen LogP contribution in [0.3, 0.4) is 0 Å². The van der Waals surface area contributed by atoms with Crippen molar-refractivity contribution in [1.82, 2.24) is 4.90 Å². The third-order valence-corrected chi connectivity index (χ3v) is 5.26. The van der Waals surface area contributed by atoms with Gasteiger partial charge >= 0.3 is 11.9 Å². The van der Waals surface area contributed by atoms with Crippen LogP contribution < -0.4 is 0 Å². The molecule has 1 heterocycles. The predicted molar refractivity (Wildman–Crippen MR) is 123 cm³/mol. The van der Waals surface area contributed by atoms with Crippen molar-refractivity contribution < 1.29 is 23.9 Å². The van der Waals surface area contributed by atoms with E-state index in [1.807, 2.05) is 12.2 Å². The SMILES string of the molecule is CCCN1C/C(=C\c2ccc(C(=O)OC)cc2)C(=O)/C(=C/c2ccc(C(=O)OC)cc2)C1. The molecule has 0 aliphatic carbocycles. The lowest BCUT2D eigenvalue weighted by Crippen LogP contribution is -2.38. The van der Waals surface area contributed by atoms with Gasteiger partial charge in [0.25, 0.3) is 0 Å². The van der Waals surface area contributed by atoms with Gasteiger partial charge in [0, 0.05) is 24.2 Å². The van der Waals surface area contributed by atoms with Gasteiger partial charge in [0.15, 0.2) is 5.78 Å². The van der Waals surface area contributed by atoms with Crippen LogP contribution in [0.5, 0.6) is 0 Å². The molecular weight excluding hydrogens is 406 g/mol. The number of rotatable bonds is 6. The predicted octanol–water partition coefficient (Wildman–Crippen LogP) is 4.02. The van der Waals surface area contributed by atoms with Gasteiger partial charge in [-0.15, -0.1) is 0 Å². The van der Waals surface area contributed by atoms with Crippen molar-refractivity contribution in [2.45, 2.75) is 13.3 Å². The van der Waals surface area contributed by atoms with E-state index in [-0.39, 0.29) is 5.78 Å². The Kier molecular flexibility index (Phi) is 7.73. The largest absolute Gasteiger partial charge is 0.465 e. The molecule has 1 aliphatic heterocycles. The first-order chi connectivity index (χ1) is 15.4. The summed E-state index contributed by atoms with van der Waals surface area (Å²) in [6, 6.07) is 14.0. The maximum Gasteiger partial charge on any atom is 0.337 e. The van der Waals surface area contributed by atoms with E-state index in [4.69, 9.17) is 9.47 Å². The van der Waals surface area contributed by atoms with Gasteiger partial charge in [0.05, 0.1) is 25.3 Å². The number of hydrogen-bond acceptors (Lipinski definition) is 6. The molecule has 1 fully saturated rings. The van der Waals surface area contributed by atoms with Gasteiger partial charge in [-0.1, -0.05) is 31.2 Å². The van der Waals surface area contributed by atoms with Gasteiger partial charge < -0.3 is 9.47 Å². The number of carbonyl (C=O) groups excluding carboxylic acids is 3. The highest BCUT2D eigenvalue weighted by Gasteiger charge is 2.25. The normalized spacial score (nSPS) is 16.9. The molecule has 0 atom stereocenters. The Morgan fingerprint density at radius 2 is 1.22 bits per heavy atom. The second-order valence-corrected chi connectivity index (χ2v) is 7.61. The van der Waals surface area contributed by atoms with E-state index >= 15 is 0 Å². The monoisotopic (exact) mass is 433 g/mol. The maximum absolute atomic E-state index is 13.2. The molecule has 1 saturated heterocycles. The molecule has 0 spiro atoms. The van der Waals surface area contributed by atoms with E-state index in [1.165, 1.54) is 14.2 Å². The fourth-order valence-electron chi connectivity index (χ4n) is 3.65. The molecule has 32 heavy (non-hydrogen) atoms. The number of piperidine rings is 1. The second-order valence-electron chi connectivity index (χ2n) is 7.61. The summed E-state index contributed by atoms with van der Waals surface area (Å²) in [6.07, 6.45) is 4.73. The fraction of sp³-hybridized carbons (Fsp3) is 0.269. The molecule has 6 heteroatoms. The van der Waals surface area contributed by atoms with Crippen LogP contribution in [0.25, 0.3) is 12.2 Å². The van der Waals surface area contributed by atoms with Gasteiger partial charge in [-0.05, 0) is 60.5 Å². The third kappa shape index (κ3) is 5.59. The number of ketones is 1. The zero-order valence-electron chi connectivity index (χ0n) is 18.6. The van der Waals surface area contributed by atoms with Crippen LogP contribution in [0, 0.1) is 0 Å². The van der Waals surface area contributed by atoms with E-state index in [0.717, 1.165) is 24.1 Å². The van der Waals surface area contributed by atoms with Crippen molar-refractivity contribution in [3.8, 4) is 0 Å². The minimum absolute atomic E-state index is 0.00596. The number of benzene rings is 2. The molecule has 0 aromatic heterocycles. The lowest BCUT2D eigenvalue weighted by Gasteiger charge is -2.29. The number of esters is 2. The van der Waals surface area contributed by atoms with Crippen LogP contribution in [0.1, 0.15) is 45.2 Å². The van der Waals surface area contributed by atoms with E-state index < -0.39 is 11.9 Å². The minimum Gasteiger partial charge on any atom is -0.465 e. The van der Waals surface area contributed by atoms with Crippen molar-refractivity contribution in [2.75, 3.05) is 33.9 Å². The molecule has 0 unspecified atom stereocenters. The van der Waals surface area contributed by atoms with Gasteiger partial charge in [0.2, 0.25) is 0 Å². The first kappa shape index (κ1) is 23.2. The Balaban J connectivity index is 1.88. The van der Waals surface area contributed by atoms with Crippen molar-refractivity contribution in [3.63, 3.8) is 0 Å². The smallest absolute Gasteiger partial charge is 0.337 e. The Morgan fingerprint density at radius 1 is 0.812 bits per heavy atom. The van der Waals surface area contributed by atoms with Crippen LogP contribution in [-0.2, 0) is 14.3 Å². The van der Waals surface area contributed by atoms with Gasteiger partial charge in [-0.2, -0.15) is 0 Å². The molecule has 0 bridgehead atoms.